The minimum atomic E-state index is 0. The van der Waals surface area contributed by atoms with Gasteiger partial charge in [-0.2, -0.15) is 5.10 Å². The number of likely N-dealkylation sites (tertiary alicyclic amines) is 1. The maximum atomic E-state index is 5.81. The maximum absolute atomic E-state index is 5.81. The number of piperidine rings is 1. The highest BCUT2D eigenvalue weighted by molar-refractivity contribution is 14.0. The van der Waals surface area contributed by atoms with Crippen molar-refractivity contribution < 1.29 is 4.74 Å². The Balaban J connectivity index is 0.00000312. The Morgan fingerprint density at radius 2 is 2.16 bits per heavy atom. The quantitative estimate of drug-likeness (QED) is 0.369. The molecule has 2 rings (SSSR count). The largest absolute Gasteiger partial charge is 0.378 e. The molecule has 144 valence electrons. The highest BCUT2D eigenvalue weighted by atomic mass is 127. The number of ether oxygens (including phenoxy) is 1. The molecule has 0 radical (unpaired) electrons. The molecule has 1 saturated heterocycles. The number of aromatic amines is 1. The summed E-state index contributed by atoms with van der Waals surface area (Å²) in [5.41, 5.74) is 0. The second-order valence-corrected chi connectivity index (χ2v) is 6.63. The molecule has 8 heteroatoms. The molecule has 1 atom stereocenters. The summed E-state index contributed by atoms with van der Waals surface area (Å²) >= 11 is 0. The summed E-state index contributed by atoms with van der Waals surface area (Å²) in [7, 11) is 1.85. The van der Waals surface area contributed by atoms with Gasteiger partial charge in [0.25, 0.3) is 0 Å². The van der Waals surface area contributed by atoms with Gasteiger partial charge in [-0.3, -0.25) is 10.1 Å². The Bertz CT molecular complexity index is 485. The summed E-state index contributed by atoms with van der Waals surface area (Å²) in [6.07, 6.45) is 5.04. The Labute approximate surface area is 168 Å². The van der Waals surface area contributed by atoms with Crippen LogP contribution in [0.2, 0.25) is 0 Å². The molecule has 0 saturated carbocycles. The van der Waals surface area contributed by atoms with Crippen LogP contribution in [0.4, 0.5) is 0 Å². The molecular weight excluding hydrogens is 431 g/mol. The summed E-state index contributed by atoms with van der Waals surface area (Å²) in [4.78, 5) is 11.1. The van der Waals surface area contributed by atoms with Gasteiger partial charge in [-0.25, -0.2) is 4.98 Å². The van der Waals surface area contributed by atoms with E-state index in [0.717, 1.165) is 57.3 Å². The van der Waals surface area contributed by atoms with Crippen molar-refractivity contribution in [2.45, 2.75) is 52.1 Å². The Morgan fingerprint density at radius 3 is 2.68 bits per heavy atom. The van der Waals surface area contributed by atoms with Crippen molar-refractivity contribution in [3.8, 4) is 0 Å². The lowest BCUT2D eigenvalue weighted by Gasteiger charge is -2.33. The SMILES string of the molecule is CCOC(CCNC(=NC)N1CCC(c2ncn[nH]2)CC1)C(C)C.I. The standard InChI is InChI=1S/C17H32N6O.HI/c1-5-24-15(13(2)3)6-9-19-17(18-4)23-10-7-14(8-11-23)16-20-12-21-22-16;/h12-15H,5-11H2,1-4H3,(H,18,19)(H,20,21,22);1H. The molecule has 25 heavy (non-hydrogen) atoms. The smallest absolute Gasteiger partial charge is 0.193 e. The van der Waals surface area contributed by atoms with Crippen LogP contribution in [0.25, 0.3) is 0 Å². The third-order valence-electron chi connectivity index (χ3n) is 4.66. The summed E-state index contributed by atoms with van der Waals surface area (Å²) < 4.78 is 5.81. The third-order valence-corrected chi connectivity index (χ3v) is 4.66. The van der Waals surface area contributed by atoms with Crippen LogP contribution < -0.4 is 5.32 Å². The Kier molecular flexibility index (Phi) is 10.3. The van der Waals surface area contributed by atoms with Crippen LogP contribution in [0.3, 0.4) is 0 Å². The molecule has 2 heterocycles. The zero-order valence-corrected chi connectivity index (χ0v) is 18.2. The molecule has 0 amide bonds. The van der Waals surface area contributed by atoms with Crippen molar-refractivity contribution in [1.29, 1.82) is 0 Å². The molecule has 0 aromatic carbocycles. The van der Waals surface area contributed by atoms with E-state index >= 15 is 0 Å². The van der Waals surface area contributed by atoms with E-state index in [-0.39, 0.29) is 24.0 Å². The van der Waals surface area contributed by atoms with Gasteiger partial charge in [-0.15, -0.1) is 24.0 Å². The fourth-order valence-corrected chi connectivity index (χ4v) is 3.26. The second kappa shape index (κ2) is 11.7. The molecule has 1 aliphatic heterocycles. The molecular formula is C17H33IN6O. The summed E-state index contributed by atoms with van der Waals surface area (Å²) in [6, 6.07) is 0. The van der Waals surface area contributed by atoms with E-state index in [1.165, 1.54) is 0 Å². The fourth-order valence-electron chi connectivity index (χ4n) is 3.26. The highest BCUT2D eigenvalue weighted by Crippen LogP contribution is 2.24. The number of guanidine groups is 1. The lowest BCUT2D eigenvalue weighted by atomic mass is 9.96. The van der Waals surface area contributed by atoms with Crippen LogP contribution in [0, 0.1) is 5.92 Å². The van der Waals surface area contributed by atoms with Crippen LogP contribution in [-0.4, -0.2) is 65.4 Å². The van der Waals surface area contributed by atoms with Gasteiger partial charge in [0.15, 0.2) is 5.96 Å². The van der Waals surface area contributed by atoms with Crippen LogP contribution in [0.1, 0.15) is 51.8 Å². The van der Waals surface area contributed by atoms with E-state index in [1.807, 2.05) is 7.05 Å². The monoisotopic (exact) mass is 464 g/mol. The molecule has 0 aliphatic carbocycles. The second-order valence-electron chi connectivity index (χ2n) is 6.63. The summed E-state index contributed by atoms with van der Waals surface area (Å²) in [5, 5.41) is 10.4. The van der Waals surface area contributed by atoms with E-state index in [2.05, 4.69) is 51.2 Å². The van der Waals surface area contributed by atoms with Gasteiger partial charge in [-0.05, 0) is 32.1 Å². The van der Waals surface area contributed by atoms with Crippen LogP contribution >= 0.6 is 24.0 Å². The van der Waals surface area contributed by atoms with Crippen molar-refractivity contribution in [2.75, 3.05) is 33.3 Å². The van der Waals surface area contributed by atoms with E-state index in [1.54, 1.807) is 6.33 Å². The molecule has 1 aromatic rings. The number of hydrogen-bond donors (Lipinski definition) is 2. The molecule has 7 nitrogen and oxygen atoms in total. The molecule has 1 unspecified atom stereocenters. The van der Waals surface area contributed by atoms with Gasteiger partial charge < -0.3 is 15.0 Å². The van der Waals surface area contributed by atoms with Crippen molar-refractivity contribution in [2.24, 2.45) is 10.9 Å². The van der Waals surface area contributed by atoms with Crippen molar-refractivity contribution in [1.82, 2.24) is 25.4 Å². The zero-order chi connectivity index (χ0) is 17.4. The number of H-pyrrole nitrogens is 1. The average molecular weight is 464 g/mol. The zero-order valence-electron chi connectivity index (χ0n) is 15.9. The van der Waals surface area contributed by atoms with Crippen LogP contribution in [-0.2, 0) is 4.74 Å². The molecule has 2 N–H and O–H groups in total. The minimum absolute atomic E-state index is 0. The number of nitrogens with one attached hydrogen (secondary N) is 2. The first-order valence-corrected chi connectivity index (χ1v) is 9.08. The predicted octanol–water partition coefficient (Wildman–Crippen LogP) is 2.63. The number of rotatable bonds is 7. The fraction of sp³-hybridized carbons (Fsp3) is 0.824. The molecule has 0 bridgehead atoms. The van der Waals surface area contributed by atoms with Crippen molar-refractivity contribution in [3.05, 3.63) is 12.2 Å². The summed E-state index contributed by atoms with van der Waals surface area (Å²) in [5.74, 6) is 3.01. The highest BCUT2D eigenvalue weighted by Gasteiger charge is 2.24. The van der Waals surface area contributed by atoms with Crippen LogP contribution in [0.5, 0.6) is 0 Å². The number of hydrogen-bond acceptors (Lipinski definition) is 4. The van der Waals surface area contributed by atoms with E-state index in [0.29, 0.717) is 17.9 Å². The van der Waals surface area contributed by atoms with Gasteiger partial charge in [0.2, 0.25) is 0 Å². The van der Waals surface area contributed by atoms with E-state index < -0.39 is 0 Å². The number of aliphatic imine (C=N–C) groups is 1. The maximum Gasteiger partial charge on any atom is 0.193 e. The average Bonchev–Trinajstić information content (AvgIpc) is 3.12. The minimum Gasteiger partial charge on any atom is -0.378 e. The third kappa shape index (κ3) is 6.73. The Morgan fingerprint density at radius 1 is 1.44 bits per heavy atom. The first-order valence-electron chi connectivity index (χ1n) is 9.08. The lowest BCUT2D eigenvalue weighted by molar-refractivity contribution is 0.0257. The normalized spacial score (nSPS) is 17.5. The molecule has 1 aliphatic rings. The lowest BCUT2D eigenvalue weighted by Crippen LogP contribution is -2.46. The van der Waals surface area contributed by atoms with E-state index in [9.17, 15) is 0 Å². The molecule has 0 spiro atoms. The van der Waals surface area contributed by atoms with Crippen molar-refractivity contribution >= 4 is 29.9 Å². The number of halogens is 1. The topological polar surface area (TPSA) is 78.4 Å². The first-order chi connectivity index (χ1) is 11.7. The van der Waals surface area contributed by atoms with Crippen molar-refractivity contribution in [3.63, 3.8) is 0 Å². The molecule has 1 fully saturated rings. The number of nitrogens with zero attached hydrogens (tertiary/aromatic N) is 4. The van der Waals surface area contributed by atoms with Crippen LogP contribution in [0.15, 0.2) is 11.3 Å². The number of aromatic nitrogens is 3. The molecule has 1 aromatic heterocycles. The predicted molar refractivity (Wildman–Crippen MR) is 112 cm³/mol. The van der Waals surface area contributed by atoms with Gasteiger partial charge >= 0.3 is 0 Å². The van der Waals surface area contributed by atoms with E-state index in [4.69, 9.17) is 4.74 Å². The van der Waals surface area contributed by atoms with Gasteiger partial charge in [-0.1, -0.05) is 13.8 Å². The van der Waals surface area contributed by atoms with Gasteiger partial charge in [0, 0.05) is 39.2 Å². The summed E-state index contributed by atoms with van der Waals surface area (Å²) in [6.45, 7) is 10.1. The Hall–Kier alpha value is -0.900. The van der Waals surface area contributed by atoms with Gasteiger partial charge in [0.05, 0.1) is 6.10 Å². The van der Waals surface area contributed by atoms with Gasteiger partial charge in [0.1, 0.15) is 12.2 Å². The first kappa shape index (κ1) is 22.1.